The van der Waals surface area contributed by atoms with Crippen LogP contribution in [0.4, 0.5) is 38.4 Å². The van der Waals surface area contributed by atoms with Gasteiger partial charge in [0, 0.05) is 92.4 Å². The van der Waals surface area contributed by atoms with Crippen LogP contribution < -0.4 is 37.9 Å². The van der Waals surface area contributed by atoms with Crippen molar-refractivity contribution in [3.8, 4) is 145 Å². The number of carbonyl (C=O) groups excluding carboxylic acids is 8. The van der Waals surface area contributed by atoms with Crippen LogP contribution in [0, 0.1) is 98.8 Å². The van der Waals surface area contributed by atoms with Gasteiger partial charge in [0.15, 0.2) is 52.9 Å². The Balaban J connectivity index is 1.63. The van der Waals surface area contributed by atoms with Crippen molar-refractivity contribution in [1.82, 2.24) is 0 Å². The van der Waals surface area contributed by atoms with E-state index in [-0.39, 0.29) is 95.9 Å². The molecule has 8 bridgehead atoms. The quantitative estimate of drug-likeness (QED) is 0.0190. The summed E-state index contributed by atoms with van der Waals surface area (Å²) in [6, 6.07) is 46.7. The van der Waals surface area contributed by atoms with Gasteiger partial charge in [-0.1, -0.05) is 169 Å². The normalized spacial score (nSPS) is 13.2. The molecule has 24 heteroatoms. The van der Waals surface area contributed by atoms with E-state index in [2.05, 4.69) is 47.4 Å². The van der Waals surface area contributed by atoms with Gasteiger partial charge in [-0.3, -0.25) is 0 Å². The molecule has 1 aliphatic carbocycles. The molecule has 0 saturated heterocycles. The topological polar surface area (TPSA) is 284 Å². The molecule has 0 aromatic heterocycles. The average molecular weight is 1560 g/mol. The van der Waals surface area contributed by atoms with Gasteiger partial charge in [0.25, 0.3) is 0 Å². The molecule has 0 spiro atoms. The van der Waals surface area contributed by atoms with E-state index < -0.39 is 172 Å². The molecule has 116 heavy (non-hydrogen) atoms. The second kappa shape index (κ2) is 43.7. The molecular weight excluding hydrogens is 1490 g/mol. The Morgan fingerprint density at radius 3 is 0.483 bits per heavy atom. The fraction of sp³-hybridized carbons (Fsp3) is 0.217. The molecule has 0 saturated carbocycles. The van der Waals surface area contributed by atoms with Crippen molar-refractivity contribution >= 4 is 49.2 Å². The maximum absolute atomic E-state index is 14.5. The minimum Gasteiger partial charge on any atom is -0.421 e. The highest BCUT2D eigenvalue weighted by atomic mass is 16.8. The zero-order valence-corrected chi connectivity index (χ0v) is 62.2. The molecule has 1 aliphatic rings. The van der Waals surface area contributed by atoms with Crippen LogP contribution in [0.25, 0.3) is 0 Å². The lowest BCUT2D eigenvalue weighted by Crippen LogP contribution is -2.21. The summed E-state index contributed by atoms with van der Waals surface area (Å²) in [5.74, 6) is 8.81. The van der Waals surface area contributed by atoms with Crippen molar-refractivity contribution in [1.29, 1.82) is 0 Å². The van der Waals surface area contributed by atoms with Crippen molar-refractivity contribution in [2.24, 2.45) is 0 Å². The van der Waals surface area contributed by atoms with Gasteiger partial charge >= 0.3 is 49.2 Å². The highest BCUT2D eigenvalue weighted by molar-refractivity contribution is 5.76. The lowest BCUT2D eigenvalue weighted by Gasteiger charge is -2.31. The molecule has 0 heterocycles. The smallest absolute Gasteiger partial charge is 0.421 e. The third-order valence-electron chi connectivity index (χ3n) is 17.6. The molecule has 0 radical (unpaired) electrons. The molecule has 0 fully saturated rings. The van der Waals surface area contributed by atoms with Gasteiger partial charge < -0.3 is 75.8 Å². The van der Waals surface area contributed by atoms with E-state index in [9.17, 15) is 38.4 Å². The number of rotatable bonds is 28. The maximum atomic E-state index is 14.5. The zero-order chi connectivity index (χ0) is 82.6. The van der Waals surface area contributed by atoms with Crippen molar-refractivity contribution < 1.29 is 114 Å². The highest BCUT2D eigenvalue weighted by Crippen LogP contribution is 2.54. The fourth-order valence-corrected chi connectivity index (χ4v) is 12.8. The number of hydrogen-bond acceptors (Lipinski definition) is 24. The third kappa shape index (κ3) is 24.2. The van der Waals surface area contributed by atoms with E-state index in [1.165, 1.54) is 24.3 Å². The molecule has 0 N–H and O–H groups in total. The van der Waals surface area contributed by atoms with Gasteiger partial charge in [-0.25, -0.2) is 38.4 Å². The SMILES string of the molecule is C#CCOC(=O)Oc1cc(OC(=O)OCC#C)c2cc1C(CCc1ccccc1)c1cc(c(OC(=O)OCC#C)cc1OC(=O)OCC#C)C(CCc1ccccc1)c1cc(c(OC(=O)OCC#C)cc1OC(=O)OCC#C)C(CCc1ccccc1)c1cc(c(OC(=O)OCC#C)cc1OC(=O)OCC#C)C2CCc1ccccc1. The van der Waals surface area contributed by atoms with Crippen molar-refractivity contribution in [2.45, 2.75) is 75.0 Å². The first kappa shape index (κ1) is 84.4. The monoisotopic (exact) mass is 1560 g/mol. The summed E-state index contributed by atoms with van der Waals surface area (Å²) >= 11 is 0. The number of fused-ring (bicyclic) bond motifs is 8. The minimum absolute atomic E-state index is 0.0284. The predicted octanol–water partition coefficient (Wildman–Crippen LogP) is 16.2. The van der Waals surface area contributed by atoms with E-state index in [1.807, 2.05) is 48.5 Å². The summed E-state index contributed by atoms with van der Waals surface area (Å²) in [4.78, 5) is 116. The molecule has 8 aromatic carbocycles. The van der Waals surface area contributed by atoms with Crippen molar-refractivity contribution in [3.05, 3.63) is 237 Å². The molecule has 9 rings (SSSR count). The summed E-state index contributed by atoms with van der Waals surface area (Å²) in [7, 11) is 0. The van der Waals surface area contributed by atoms with Gasteiger partial charge in [-0.15, -0.1) is 51.4 Å². The van der Waals surface area contributed by atoms with Crippen LogP contribution in [-0.2, 0) is 63.6 Å². The van der Waals surface area contributed by atoms with Crippen LogP contribution >= 0.6 is 0 Å². The molecule has 0 aliphatic heterocycles. The number of terminal acetylenes is 8. The lowest BCUT2D eigenvalue weighted by atomic mass is 9.76. The van der Waals surface area contributed by atoms with Gasteiger partial charge in [0.05, 0.1) is 0 Å². The first-order valence-corrected chi connectivity index (χ1v) is 35.6. The van der Waals surface area contributed by atoms with Gasteiger partial charge in [0.1, 0.15) is 46.0 Å². The Bertz CT molecular complexity index is 4350. The summed E-state index contributed by atoms with van der Waals surface area (Å²) in [5, 5.41) is 0. The molecule has 8 aromatic rings. The number of carbonyl (C=O) groups is 8. The van der Waals surface area contributed by atoms with Crippen LogP contribution in [0.3, 0.4) is 0 Å². The molecule has 0 atom stereocenters. The zero-order valence-electron chi connectivity index (χ0n) is 62.2. The molecule has 584 valence electrons. The van der Waals surface area contributed by atoms with E-state index in [4.69, 9.17) is 127 Å². The van der Waals surface area contributed by atoms with Gasteiger partial charge in [0.2, 0.25) is 0 Å². The predicted molar refractivity (Wildman–Crippen MR) is 419 cm³/mol. The van der Waals surface area contributed by atoms with E-state index in [1.54, 1.807) is 72.8 Å². The number of ether oxygens (including phenoxy) is 16. The van der Waals surface area contributed by atoms with Crippen LogP contribution in [-0.4, -0.2) is 102 Å². The number of hydrogen-bond donors (Lipinski definition) is 0. The Kier molecular flexibility index (Phi) is 31.8. The first-order chi connectivity index (χ1) is 56.5. The minimum atomic E-state index is -1.41. The summed E-state index contributed by atoms with van der Waals surface area (Å²) in [6.07, 6.45) is 33.9. The fourth-order valence-electron chi connectivity index (χ4n) is 12.8. The van der Waals surface area contributed by atoms with Gasteiger partial charge in [-0.05, 0) is 97.9 Å². The molecule has 0 amide bonds. The second-order valence-corrected chi connectivity index (χ2v) is 24.8. The standard InChI is InChI=1S/C92H72O24/c1-9-45-101-85(93)109-77-57-78(110-86(94)102-46-10-2)70-53-69(77)65(41-37-61-29-21-17-22-30-61)71-54-72(80(112-88(96)104-48-12-4)58-79(71)111-87(95)103-47-11-3)67(43-39-63-33-25-19-26-34-63)75-56-76(84(116-92(100)108-52-16-8)60-83(75)115-91(99)107-51-15-7)68(44-40-64-35-27-20-28-36-64)74-55-73(66(70)42-38-62-31-23-18-24-32-62)81(113-89(97)105-49-13-5)59-82(74)114-90(98)106-50-14-6/h1-8,17-36,53-60,65-68H,37-52H2. The Morgan fingerprint density at radius 2 is 0.353 bits per heavy atom. The number of aryl methyl sites for hydroxylation is 4. The van der Waals surface area contributed by atoms with Crippen molar-refractivity contribution in [2.75, 3.05) is 52.9 Å². The Morgan fingerprint density at radius 1 is 0.216 bits per heavy atom. The first-order valence-electron chi connectivity index (χ1n) is 35.6. The van der Waals surface area contributed by atoms with Crippen LogP contribution in [0.2, 0.25) is 0 Å². The number of benzene rings is 8. The van der Waals surface area contributed by atoms with Crippen molar-refractivity contribution in [3.63, 3.8) is 0 Å². The summed E-state index contributed by atoms with van der Waals surface area (Å²) < 4.78 is 93.3. The highest BCUT2D eigenvalue weighted by Gasteiger charge is 2.39. The molecular formula is C92H72O24. The van der Waals surface area contributed by atoms with E-state index >= 15 is 0 Å². The lowest BCUT2D eigenvalue weighted by molar-refractivity contribution is 0.107. The Hall–Kier alpha value is -15.6. The summed E-state index contributed by atoms with van der Waals surface area (Å²) in [5.41, 5.74) is 2.59. The van der Waals surface area contributed by atoms with Crippen LogP contribution in [0.15, 0.2) is 170 Å². The van der Waals surface area contributed by atoms with Crippen LogP contribution in [0.1, 0.15) is 116 Å². The third-order valence-corrected chi connectivity index (χ3v) is 17.6. The van der Waals surface area contributed by atoms with Crippen LogP contribution in [0.5, 0.6) is 46.0 Å². The molecule has 0 unspecified atom stereocenters. The summed E-state index contributed by atoms with van der Waals surface area (Å²) in [6.45, 7) is -5.08. The second-order valence-electron chi connectivity index (χ2n) is 24.8. The average Bonchev–Trinajstić information content (AvgIpc) is 0.742. The Labute approximate surface area is 669 Å². The van der Waals surface area contributed by atoms with Gasteiger partial charge in [-0.2, -0.15) is 0 Å². The maximum Gasteiger partial charge on any atom is 0.514 e. The van der Waals surface area contributed by atoms with E-state index in [0.717, 1.165) is 24.3 Å². The largest absolute Gasteiger partial charge is 0.514 e. The van der Waals surface area contributed by atoms with E-state index in [0.29, 0.717) is 22.3 Å². The molecule has 24 nitrogen and oxygen atoms in total.